The number of amides is 1. The minimum atomic E-state index is -0.222. The first kappa shape index (κ1) is 13.6. The summed E-state index contributed by atoms with van der Waals surface area (Å²) in [7, 11) is 1.59. The highest BCUT2D eigenvalue weighted by Gasteiger charge is 2.16. The van der Waals surface area contributed by atoms with E-state index in [1.165, 1.54) is 11.3 Å². The normalized spacial score (nSPS) is 10.6. The summed E-state index contributed by atoms with van der Waals surface area (Å²) in [6, 6.07) is 5.32. The summed E-state index contributed by atoms with van der Waals surface area (Å²) in [5.74, 6) is 0.498. The molecule has 0 aliphatic heterocycles. The Morgan fingerprint density at radius 2 is 2.37 bits per heavy atom. The molecule has 2 aromatic rings. The second-order valence-electron chi connectivity index (χ2n) is 3.93. The average Bonchev–Trinajstić information content (AvgIpc) is 2.74. The molecule has 1 heterocycles. The van der Waals surface area contributed by atoms with Crippen LogP contribution in [0.15, 0.2) is 18.2 Å². The average molecular weight is 281 g/mol. The van der Waals surface area contributed by atoms with Crippen molar-refractivity contribution < 1.29 is 14.3 Å². The Morgan fingerprint density at radius 1 is 1.58 bits per heavy atom. The second-order valence-corrected chi connectivity index (χ2v) is 5.04. The van der Waals surface area contributed by atoms with Gasteiger partial charge in [-0.1, -0.05) is 11.3 Å². The lowest BCUT2D eigenvalue weighted by Gasteiger charge is -2.01. The van der Waals surface area contributed by atoms with Crippen molar-refractivity contribution in [1.29, 1.82) is 0 Å². The molecule has 2 rings (SSSR count). The zero-order valence-electron chi connectivity index (χ0n) is 10.5. The van der Waals surface area contributed by atoms with Crippen LogP contribution in [-0.4, -0.2) is 26.1 Å². The molecule has 0 unspecified atom stereocenters. The molecular weight excluding hydrogens is 266 g/mol. The quantitative estimate of drug-likeness (QED) is 0.603. The molecule has 0 fully saturated rings. The summed E-state index contributed by atoms with van der Waals surface area (Å²) >= 11 is 1.40. The fourth-order valence-corrected chi connectivity index (χ4v) is 2.78. The van der Waals surface area contributed by atoms with Gasteiger partial charge in [-0.05, 0) is 6.07 Å². The minimum absolute atomic E-state index is 0.0407. The zero-order valence-corrected chi connectivity index (χ0v) is 11.3. The van der Waals surface area contributed by atoms with Crippen LogP contribution in [0.3, 0.4) is 0 Å². The van der Waals surface area contributed by atoms with Crippen molar-refractivity contribution >= 4 is 27.5 Å². The van der Waals surface area contributed by atoms with Crippen molar-refractivity contribution in [2.45, 2.75) is 6.42 Å². The van der Waals surface area contributed by atoms with Crippen LogP contribution < -0.4 is 20.5 Å². The van der Waals surface area contributed by atoms with Gasteiger partial charge >= 0.3 is 0 Å². The fraction of sp³-hybridized carbons (Fsp3) is 0.333. The van der Waals surface area contributed by atoms with Gasteiger partial charge in [-0.25, -0.2) is 0 Å². The largest absolute Gasteiger partial charge is 0.617 e. The molecule has 3 N–H and O–H groups in total. The lowest BCUT2D eigenvalue weighted by molar-refractivity contribution is -0.580. The first-order chi connectivity index (χ1) is 9.15. The standard InChI is InChI=1S/C12H15N3O3S/c1-18-8-2-3-9-10(6-8)19-12(15(9)17)4-5-14-11(16)7-13/h2-3,6H,4-5,7,13H2,1H3,(H,14,16). The van der Waals surface area contributed by atoms with Gasteiger partial charge in [0.2, 0.25) is 11.4 Å². The molecule has 1 amide bonds. The van der Waals surface area contributed by atoms with Crippen LogP contribution in [0.5, 0.6) is 5.75 Å². The van der Waals surface area contributed by atoms with Crippen molar-refractivity contribution in [3.8, 4) is 5.75 Å². The summed E-state index contributed by atoms with van der Waals surface area (Å²) in [5.41, 5.74) is 5.80. The number of aromatic nitrogens is 1. The van der Waals surface area contributed by atoms with Crippen molar-refractivity contribution in [2.24, 2.45) is 5.73 Å². The molecule has 0 aliphatic carbocycles. The smallest absolute Gasteiger partial charge is 0.251 e. The summed E-state index contributed by atoms with van der Waals surface area (Å²) in [4.78, 5) is 11.0. The summed E-state index contributed by atoms with van der Waals surface area (Å²) < 4.78 is 6.89. The fourth-order valence-electron chi connectivity index (χ4n) is 1.71. The van der Waals surface area contributed by atoms with E-state index < -0.39 is 0 Å². The van der Waals surface area contributed by atoms with Gasteiger partial charge in [-0.2, -0.15) is 4.73 Å². The van der Waals surface area contributed by atoms with E-state index >= 15 is 0 Å². The number of nitrogens with two attached hydrogens (primary N) is 1. The molecule has 0 saturated carbocycles. The number of ether oxygens (including phenoxy) is 1. The Morgan fingerprint density at radius 3 is 3.05 bits per heavy atom. The predicted octanol–water partition coefficient (Wildman–Crippen LogP) is 0.161. The number of nitrogens with one attached hydrogen (secondary N) is 1. The van der Waals surface area contributed by atoms with Gasteiger partial charge in [0.15, 0.2) is 0 Å². The molecule has 6 nitrogen and oxygen atoms in total. The lowest BCUT2D eigenvalue weighted by Crippen LogP contribution is -2.35. The molecule has 19 heavy (non-hydrogen) atoms. The number of methoxy groups -OCH3 is 1. The van der Waals surface area contributed by atoms with Crippen LogP contribution >= 0.6 is 11.3 Å². The van der Waals surface area contributed by atoms with E-state index in [2.05, 4.69) is 5.32 Å². The van der Waals surface area contributed by atoms with E-state index in [0.717, 1.165) is 15.2 Å². The number of benzene rings is 1. The zero-order chi connectivity index (χ0) is 13.8. The van der Waals surface area contributed by atoms with Crippen molar-refractivity contribution in [3.05, 3.63) is 28.4 Å². The maximum atomic E-state index is 12.0. The Kier molecular flexibility index (Phi) is 4.18. The molecule has 0 spiro atoms. The minimum Gasteiger partial charge on any atom is -0.617 e. The molecule has 0 radical (unpaired) electrons. The highest BCUT2D eigenvalue weighted by atomic mass is 32.1. The third kappa shape index (κ3) is 2.94. The molecule has 0 aliphatic rings. The van der Waals surface area contributed by atoms with Gasteiger partial charge < -0.3 is 21.0 Å². The summed E-state index contributed by atoms with van der Waals surface area (Å²) in [6.45, 7) is 0.364. The van der Waals surface area contributed by atoms with Crippen LogP contribution in [0.2, 0.25) is 0 Å². The third-order valence-electron chi connectivity index (χ3n) is 2.69. The number of fused-ring (bicyclic) bond motifs is 1. The van der Waals surface area contributed by atoms with Gasteiger partial charge in [-0.15, -0.1) is 0 Å². The Hall–Kier alpha value is -1.86. The molecule has 0 atom stereocenters. The Balaban J connectivity index is 2.15. The predicted molar refractivity (Wildman–Crippen MR) is 73.1 cm³/mol. The SMILES string of the molecule is COc1ccc2c(c1)sc(CCNC(=O)CN)[n+]2[O-]. The van der Waals surface area contributed by atoms with Crippen molar-refractivity contribution in [2.75, 3.05) is 20.2 Å². The number of hydrogen-bond acceptors (Lipinski definition) is 5. The molecule has 0 saturated heterocycles. The maximum Gasteiger partial charge on any atom is 0.251 e. The number of thiazole rings is 1. The van der Waals surface area contributed by atoms with Gasteiger partial charge in [-0.3, -0.25) is 4.79 Å². The Bertz CT molecular complexity index is 597. The first-order valence-electron chi connectivity index (χ1n) is 5.81. The maximum absolute atomic E-state index is 12.0. The highest BCUT2D eigenvalue weighted by molar-refractivity contribution is 7.18. The molecule has 1 aromatic heterocycles. The third-order valence-corrected chi connectivity index (χ3v) is 3.84. The van der Waals surface area contributed by atoms with E-state index in [0.29, 0.717) is 23.5 Å². The topological polar surface area (TPSA) is 91.3 Å². The second kappa shape index (κ2) is 5.85. The van der Waals surface area contributed by atoms with Crippen molar-refractivity contribution in [3.63, 3.8) is 0 Å². The monoisotopic (exact) mass is 281 g/mol. The molecule has 7 heteroatoms. The summed E-state index contributed by atoms with van der Waals surface area (Å²) in [5, 5.41) is 15.3. The van der Waals surface area contributed by atoms with E-state index in [1.54, 1.807) is 19.2 Å². The van der Waals surface area contributed by atoms with Crippen LogP contribution in [0.1, 0.15) is 5.01 Å². The number of carbonyl (C=O) groups excluding carboxylic acids is 1. The molecule has 102 valence electrons. The summed E-state index contributed by atoms with van der Waals surface area (Å²) in [6.07, 6.45) is 0.483. The molecule has 1 aromatic carbocycles. The number of hydrogen-bond donors (Lipinski definition) is 2. The molecule has 0 bridgehead atoms. The highest BCUT2D eigenvalue weighted by Crippen LogP contribution is 2.24. The number of carbonyl (C=O) groups is 1. The van der Waals surface area contributed by atoms with E-state index in [9.17, 15) is 10.0 Å². The van der Waals surface area contributed by atoms with Gasteiger partial charge in [0, 0.05) is 18.7 Å². The van der Waals surface area contributed by atoms with Crippen LogP contribution in [0.4, 0.5) is 0 Å². The van der Waals surface area contributed by atoms with Crippen LogP contribution in [-0.2, 0) is 11.2 Å². The Labute approximate surface area is 114 Å². The number of rotatable bonds is 5. The van der Waals surface area contributed by atoms with E-state index in [4.69, 9.17) is 10.5 Å². The first-order valence-corrected chi connectivity index (χ1v) is 6.63. The van der Waals surface area contributed by atoms with E-state index in [-0.39, 0.29) is 12.5 Å². The van der Waals surface area contributed by atoms with E-state index in [1.807, 2.05) is 6.07 Å². The van der Waals surface area contributed by atoms with Gasteiger partial charge in [0.05, 0.1) is 20.1 Å². The van der Waals surface area contributed by atoms with Crippen LogP contribution in [0.25, 0.3) is 10.2 Å². The number of nitrogens with zero attached hydrogens (tertiary/aromatic N) is 1. The van der Waals surface area contributed by atoms with Crippen molar-refractivity contribution in [1.82, 2.24) is 5.32 Å². The lowest BCUT2D eigenvalue weighted by atomic mass is 10.3. The van der Waals surface area contributed by atoms with Gasteiger partial charge in [0.25, 0.3) is 5.01 Å². The van der Waals surface area contributed by atoms with Gasteiger partial charge in [0.1, 0.15) is 10.4 Å². The van der Waals surface area contributed by atoms with Crippen LogP contribution in [0, 0.1) is 5.21 Å². The molecular formula is C12H15N3O3S.